The van der Waals surface area contributed by atoms with Gasteiger partial charge in [-0.15, -0.1) is 0 Å². The molecule has 7 heteroatoms. The van der Waals surface area contributed by atoms with E-state index in [4.69, 9.17) is 4.74 Å². The number of hydrogen-bond acceptors (Lipinski definition) is 4. The van der Waals surface area contributed by atoms with Gasteiger partial charge in [0, 0.05) is 43.0 Å². The molecule has 2 aromatic rings. The summed E-state index contributed by atoms with van der Waals surface area (Å²) in [6.45, 7) is 6.87. The number of aromatic nitrogens is 3. The van der Waals surface area contributed by atoms with Crippen LogP contribution in [0.1, 0.15) is 45.2 Å². The Kier molecular flexibility index (Phi) is 3.87. The number of hydrogen-bond donors (Lipinski definition) is 1. The molecule has 3 heterocycles. The fourth-order valence-corrected chi connectivity index (χ4v) is 2.87. The molecule has 1 unspecified atom stereocenters. The molecule has 1 atom stereocenters. The van der Waals surface area contributed by atoms with E-state index in [0.717, 1.165) is 18.5 Å². The first-order chi connectivity index (χ1) is 10.8. The van der Waals surface area contributed by atoms with Crippen LogP contribution in [0, 0.1) is 0 Å². The summed E-state index contributed by atoms with van der Waals surface area (Å²) < 4.78 is 6.88. The van der Waals surface area contributed by atoms with Crippen LogP contribution < -0.4 is 5.56 Å². The second-order valence-electron chi connectivity index (χ2n) is 6.95. The highest BCUT2D eigenvalue weighted by atomic mass is 16.6. The molecule has 23 heavy (non-hydrogen) atoms. The normalized spacial score (nSPS) is 19.1. The largest absolute Gasteiger partial charge is 0.444 e. The Labute approximate surface area is 134 Å². The van der Waals surface area contributed by atoms with E-state index in [1.165, 1.54) is 16.8 Å². The summed E-state index contributed by atoms with van der Waals surface area (Å²) in [5, 5.41) is 3.10. The fourth-order valence-electron chi connectivity index (χ4n) is 2.87. The predicted molar refractivity (Wildman–Crippen MR) is 85.6 cm³/mol. The standard InChI is InChI=1S/C16H22N4O3/c1-16(2,3)23-15(22)19-8-4-5-11(10-19)12-9-13-17-7-6-14(21)20(13)18-12/h6-7,9,11,18H,4-5,8,10H2,1-3H3. The molecule has 1 amide bonds. The number of amides is 1. The average Bonchev–Trinajstić information content (AvgIpc) is 2.91. The van der Waals surface area contributed by atoms with Crippen LogP contribution >= 0.6 is 0 Å². The third kappa shape index (κ3) is 3.38. The van der Waals surface area contributed by atoms with E-state index in [0.29, 0.717) is 18.7 Å². The van der Waals surface area contributed by atoms with Gasteiger partial charge in [0.15, 0.2) is 5.65 Å². The van der Waals surface area contributed by atoms with Crippen molar-refractivity contribution in [3.05, 3.63) is 34.4 Å². The lowest BCUT2D eigenvalue weighted by molar-refractivity contribution is 0.0197. The topological polar surface area (TPSA) is 79.7 Å². The van der Waals surface area contributed by atoms with Crippen molar-refractivity contribution in [2.24, 2.45) is 0 Å². The number of H-pyrrole nitrogens is 1. The molecule has 7 nitrogen and oxygen atoms in total. The van der Waals surface area contributed by atoms with Gasteiger partial charge in [-0.05, 0) is 33.6 Å². The van der Waals surface area contributed by atoms with Crippen LogP contribution in [0.5, 0.6) is 0 Å². The van der Waals surface area contributed by atoms with Crippen molar-refractivity contribution >= 4 is 11.7 Å². The van der Waals surface area contributed by atoms with Crippen molar-refractivity contribution in [3.63, 3.8) is 0 Å². The predicted octanol–water partition coefficient (Wildman–Crippen LogP) is 2.14. The number of likely N-dealkylation sites (tertiary alicyclic amines) is 1. The molecule has 1 aliphatic heterocycles. The summed E-state index contributed by atoms with van der Waals surface area (Å²) in [7, 11) is 0. The van der Waals surface area contributed by atoms with Gasteiger partial charge in [0.1, 0.15) is 5.60 Å². The lowest BCUT2D eigenvalue weighted by Crippen LogP contribution is -2.42. The second-order valence-corrected chi connectivity index (χ2v) is 6.95. The van der Waals surface area contributed by atoms with Gasteiger partial charge in [-0.3, -0.25) is 9.89 Å². The Morgan fingerprint density at radius 1 is 1.43 bits per heavy atom. The minimum absolute atomic E-state index is 0.138. The molecule has 0 bridgehead atoms. The number of fused-ring (bicyclic) bond motifs is 1. The van der Waals surface area contributed by atoms with Gasteiger partial charge < -0.3 is 9.64 Å². The molecule has 0 radical (unpaired) electrons. The highest BCUT2D eigenvalue weighted by molar-refractivity contribution is 5.68. The number of carbonyl (C=O) groups is 1. The number of carbonyl (C=O) groups excluding carboxylic acids is 1. The molecule has 2 aromatic heterocycles. The van der Waals surface area contributed by atoms with Crippen LogP contribution in [-0.2, 0) is 4.74 Å². The van der Waals surface area contributed by atoms with Crippen LogP contribution in [0.3, 0.4) is 0 Å². The van der Waals surface area contributed by atoms with Crippen molar-refractivity contribution in [1.29, 1.82) is 0 Å². The summed E-state index contributed by atoms with van der Waals surface area (Å²) >= 11 is 0. The third-order valence-electron chi connectivity index (χ3n) is 3.91. The Morgan fingerprint density at radius 2 is 2.22 bits per heavy atom. The zero-order valence-corrected chi connectivity index (χ0v) is 13.7. The zero-order chi connectivity index (χ0) is 16.6. The first-order valence-corrected chi connectivity index (χ1v) is 7.88. The van der Waals surface area contributed by atoms with Crippen LogP contribution in [0.25, 0.3) is 5.65 Å². The quantitative estimate of drug-likeness (QED) is 0.873. The minimum Gasteiger partial charge on any atom is -0.444 e. The molecule has 1 N–H and O–H groups in total. The first-order valence-electron chi connectivity index (χ1n) is 7.88. The van der Waals surface area contributed by atoms with Gasteiger partial charge in [-0.2, -0.15) is 0 Å². The molecule has 3 rings (SSSR count). The highest BCUT2D eigenvalue weighted by Gasteiger charge is 2.29. The Hall–Kier alpha value is -2.31. The van der Waals surface area contributed by atoms with E-state index in [9.17, 15) is 9.59 Å². The minimum atomic E-state index is -0.498. The maximum Gasteiger partial charge on any atom is 0.410 e. The number of aromatic amines is 1. The van der Waals surface area contributed by atoms with Gasteiger partial charge in [-0.25, -0.2) is 14.3 Å². The van der Waals surface area contributed by atoms with Crippen molar-refractivity contribution < 1.29 is 9.53 Å². The maximum absolute atomic E-state index is 12.2. The number of nitrogens with zero attached hydrogens (tertiary/aromatic N) is 3. The van der Waals surface area contributed by atoms with E-state index in [2.05, 4.69) is 10.1 Å². The number of nitrogens with one attached hydrogen (secondary N) is 1. The smallest absolute Gasteiger partial charge is 0.410 e. The summed E-state index contributed by atoms with van der Waals surface area (Å²) in [5.41, 5.74) is 0.888. The van der Waals surface area contributed by atoms with Gasteiger partial charge in [-0.1, -0.05) is 0 Å². The number of rotatable bonds is 1. The molecule has 124 valence electrons. The van der Waals surface area contributed by atoms with E-state index in [-0.39, 0.29) is 17.6 Å². The van der Waals surface area contributed by atoms with Crippen LogP contribution in [0.15, 0.2) is 23.1 Å². The van der Waals surface area contributed by atoms with Gasteiger partial charge >= 0.3 is 6.09 Å². The maximum atomic E-state index is 12.2. The molecule has 0 saturated carbocycles. The van der Waals surface area contributed by atoms with Crippen molar-refractivity contribution in [1.82, 2.24) is 19.5 Å². The molecular formula is C16H22N4O3. The Balaban J connectivity index is 1.78. The summed E-state index contributed by atoms with van der Waals surface area (Å²) in [6.07, 6.45) is 3.08. The molecule has 1 fully saturated rings. The van der Waals surface area contributed by atoms with Gasteiger partial charge in [0.05, 0.1) is 0 Å². The van der Waals surface area contributed by atoms with E-state index in [1.807, 2.05) is 26.8 Å². The lowest BCUT2D eigenvalue weighted by Gasteiger charge is -2.33. The SMILES string of the molecule is CC(C)(C)OC(=O)N1CCCC(c2cc3nccc(=O)n3[nH]2)C1. The average molecular weight is 318 g/mol. The molecule has 0 aliphatic carbocycles. The van der Waals surface area contributed by atoms with E-state index >= 15 is 0 Å². The van der Waals surface area contributed by atoms with Gasteiger partial charge in [0.25, 0.3) is 5.56 Å². The number of ether oxygens (including phenoxy) is 1. The zero-order valence-electron chi connectivity index (χ0n) is 13.7. The van der Waals surface area contributed by atoms with Gasteiger partial charge in [0.2, 0.25) is 0 Å². The van der Waals surface area contributed by atoms with Crippen LogP contribution in [0.2, 0.25) is 0 Å². The van der Waals surface area contributed by atoms with Crippen LogP contribution in [0.4, 0.5) is 4.79 Å². The molecular weight excluding hydrogens is 296 g/mol. The monoisotopic (exact) mass is 318 g/mol. The summed E-state index contributed by atoms with van der Waals surface area (Å²) in [5.74, 6) is 0.150. The highest BCUT2D eigenvalue weighted by Crippen LogP contribution is 2.27. The van der Waals surface area contributed by atoms with E-state index < -0.39 is 5.60 Å². The lowest BCUT2D eigenvalue weighted by atomic mass is 9.95. The number of piperidine rings is 1. The first kappa shape index (κ1) is 15.6. The molecule has 1 saturated heterocycles. The fraction of sp³-hybridized carbons (Fsp3) is 0.562. The summed E-state index contributed by atoms with van der Waals surface area (Å²) in [6, 6.07) is 3.30. The Bertz CT molecular complexity index is 771. The van der Waals surface area contributed by atoms with Crippen LogP contribution in [-0.4, -0.2) is 44.3 Å². The van der Waals surface area contributed by atoms with Crippen molar-refractivity contribution in [2.75, 3.05) is 13.1 Å². The molecule has 0 spiro atoms. The van der Waals surface area contributed by atoms with E-state index in [1.54, 1.807) is 4.90 Å². The second kappa shape index (κ2) is 5.72. The summed E-state index contributed by atoms with van der Waals surface area (Å²) in [4.78, 5) is 30.0. The third-order valence-corrected chi connectivity index (χ3v) is 3.91. The Morgan fingerprint density at radius 3 is 2.91 bits per heavy atom. The molecule has 1 aliphatic rings. The molecule has 0 aromatic carbocycles. The van der Waals surface area contributed by atoms with Crippen molar-refractivity contribution in [3.8, 4) is 0 Å². The van der Waals surface area contributed by atoms with Crippen molar-refractivity contribution in [2.45, 2.75) is 45.1 Å².